The largest absolute Gasteiger partial charge is 0.399 e. The summed E-state index contributed by atoms with van der Waals surface area (Å²) in [6.45, 7) is 5.24. The van der Waals surface area contributed by atoms with Gasteiger partial charge in [-0.15, -0.1) is 0 Å². The molecule has 1 aromatic rings. The minimum atomic E-state index is -0.0284. The number of amides is 1. The number of nitrogens with two attached hydrogens (primary N) is 1. The van der Waals surface area contributed by atoms with E-state index in [9.17, 15) is 4.79 Å². The zero-order chi connectivity index (χ0) is 12.7. The van der Waals surface area contributed by atoms with Gasteiger partial charge in [0.25, 0.3) is 5.91 Å². The predicted molar refractivity (Wildman–Crippen MR) is 70.0 cm³/mol. The van der Waals surface area contributed by atoms with Gasteiger partial charge in [-0.05, 0) is 31.5 Å². The molecule has 1 rings (SSSR count). The summed E-state index contributed by atoms with van der Waals surface area (Å²) in [6.07, 6.45) is 0.896. The summed E-state index contributed by atoms with van der Waals surface area (Å²) in [5.74, 6) is -0.0284. The summed E-state index contributed by atoms with van der Waals surface area (Å²) in [6, 6.07) is 7.34. The van der Waals surface area contributed by atoms with E-state index >= 15 is 0 Å². The first-order valence-electron chi connectivity index (χ1n) is 5.92. The van der Waals surface area contributed by atoms with Gasteiger partial charge in [0.15, 0.2) is 0 Å². The van der Waals surface area contributed by atoms with Crippen LogP contribution in [0.25, 0.3) is 0 Å². The van der Waals surface area contributed by atoms with Crippen LogP contribution in [0.4, 0.5) is 11.4 Å². The van der Waals surface area contributed by atoms with Crippen LogP contribution < -0.4 is 10.6 Å². The Kier molecular flexibility index (Phi) is 5.49. The van der Waals surface area contributed by atoms with Crippen molar-refractivity contribution in [3.63, 3.8) is 0 Å². The maximum Gasteiger partial charge on any atom is 0.252 e. The minimum Gasteiger partial charge on any atom is -0.399 e. The van der Waals surface area contributed by atoms with E-state index in [0.717, 1.165) is 12.1 Å². The Morgan fingerprint density at radius 2 is 2.18 bits per heavy atom. The Bertz CT molecular complexity index is 366. The summed E-state index contributed by atoms with van der Waals surface area (Å²) >= 11 is 0. The fraction of sp³-hybridized carbons (Fsp3) is 0.462. The van der Waals surface area contributed by atoms with Gasteiger partial charge in [-0.3, -0.25) is 4.79 Å². The summed E-state index contributed by atoms with van der Waals surface area (Å²) in [5.41, 5.74) is 7.21. The molecule has 0 aliphatic rings. The number of hydrogen-bond acceptors (Lipinski definition) is 3. The van der Waals surface area contributed by atoms with Crippen LogP contribution in [0.3, 0.4) is 0 Å². The zero-order valence-corrected chi connectivity index (χ0v) is 10.5. The Hall–Kier alpha value is -1.55. The van der Waals surface area contributed by atoms with Crippen molar-refractivity contribution >= 4 is 17.3 Å². The topological polar surface area (TPSA) is 55.6 Å². The normalized spacial score (nSPS) is 10.2. The standard InChI is InChI=1S/C13H20N2O2/c1-3-8-15(13(16)10-17-4-2)12-7-5-6-11(14)9-12/h5-7,9H,3-4,8,10,14H2,1-2H3. The van der Waals surface area contributed by atoms with Crippen molar-refractivity contribution in [3.8, 4) is 0 Å². The number of ether oxygens (including phenoxy) is 1. The van der Waals surface area contributed by atoms with Crippen molar-refractivity contribution < 1.29 is 9.53 Å². The van der Waals surface area contributed by atoms with Gasteiger partial charge in [-0.1, -0.05) is 13.0 Å². The molecule has 0 saturated heterocycles. The molecule has 0 saturated carbocycles. The van der Waals surface area contributed by atoms with Crippen molar-refractivity contribution in [1.29, 1.82) is 0 Å². The predicted octanol–water partition coefficient (Wildman–Crippen LogP) is 2.05. The first-order valence-corrected chi connectivity index (χ1v) is 5.92. The molecular weight excluding hydrogens is 216 g/mol. The van der Waals surface area contributed by atoms with Gasteiger partial charge in [-0.25, -0.2) is 0 Å². The van der Waals surface area contributed by atoms with Crippen molar-refractivity contribution in [2.75, 3.05) is 30.4 Å². The van der Waals surface area contributed by atoms with E-state index in [1.807, 2.05) is 26.0 Å². The molecule has 1 aromatic carbocycles. The van der Waals surface area contributed by atoms with E-state index in [1.54, 1.807) is 17.0 Å². The van der Waals surface area contributed by atoms with Crippen molar-refractivity contribution in [2.24, 2.45) is 0 Å². The average molecular weight is 236 g/mol. The van der Waals surface area contributed by atoms with Gasteiger partial charge < -0.3 is 15.4 Å². The second-order valence-corrected chi connectivity index (χ2v) is 3.78. The molecule has 0 spiro atoms. The van der Waals surface area contributed by atoms with Gasteiger partial charge in [-0.2, -0.15) is 0 Å². The van der Waals surface area contributed by atoms with E-state index < -0.39 is 0 Å². The molecule has 0 unspecified atom stereocenters. The molecule has 0 radical (unpaired) electrons. The van der Waals surface area contributed by atoms with Crippen LogP contribution in [0.5, 0.6) is 0 Å². The van der Waals surface area contributed by atoms with E-state index in [0.29, 0.717) is 18.8 Å². The first-order chi connectivity index (χ1) is 8.19. The molecule has 2 N–H and O–H groups in total. The van der Waals surface area contributed by atoms with Crippen LogP contribution in [0.2, 0.25) is 0 Å². The Morgan fingerprint density at radius 1 is 1.41 bits per heavy atom. The second-order valence-electron chi connectivity index (χ2n) is 3.78. The van der Waals surface area contributed by atoms with Crippen molar-refractivity contribution in [3.05, 3.63) is 24.3 Å². The fourth-order valence-electron chi connectivity index (χ4n) is 1.58. The van der Waals surface area contributed by atoms with E-state index in [4.69, 9.17) is 10.5 Å². The maximum absolute atomic E-state index is 12.0. The van der Waals surface area contributed by atoms with E-state index in [2.05, 4.69) is 0 Å². The third-order valence-corrected chi connectivity index (χ3v) is 2.36. The maximum atomic E-state index is 12.0. The van der Waals surface area contributed by atoms with Crippen LogP contribution in [0, 0.1) is 0 Å². The summed E-state index contributed by atoms with van der Waals surface area (Å²) in [7, 11) is 0. The number of rotatable bonds is 6. The number of nitrogen functional groups attached to an aromatic ring is 1. The lowest BCUT2D eigenvalue weighted by molar-refractivity contribution is -0.122. The highest BCUT2D eigenvalue weighted by Gasteiger charge is 2.14. The molecule has 0 aliphatic carbocycles. The minimum absolute atomic E-state index is 0.0284. The van der Waals surface area contributed by atoms with Gasteiger partial charge in [0.05, 0.1) is 0 Å². The molecule has 4 nitrogen and oxygen atoms in total. The van der Waals surface area contributed by atoms with Gasteiger partial charge in [0.2, 0.25) is 0 Å². The number of benzene rings is 1. The monoisotopic (exact) mass is 236 g/mol. The lowest BCUT2D eigenvalue weighted by atomic mass is 10.2. The van der Waals surface area contributed by atoms with Crippen LogP contribution >= 0.6 is 0 Å². The van der Waals surface area contributed by atoms with Gasteiger partial charge >= 0.3 is 0 Å². The Labute approximate surface area is 102 Å². The molecule has 94 valence electrons. The number of carbonyl (C=O) groups is 1. The highest BCUT2D eigenvalue weighted by Crippen LogP contribution is 2.18. The van der Waals surface area contributed by atoms with Crippen LogP contribution in [-0.2, 0) is 9.53 Å². The molecule has 0 fully saturated rings. The van der Waals surface area contributed by atoms with Crippen molar-refractivity contribution in [2.45, 2.75) is 20.3 Å². The summed E-state index contributed by atoms with van der Waals surface area (Å²) in [4.78, 5) is 13.7. The SMILES string of the molecule is CCCN(C(=O)COCC)c1cccc(N)c1. The molecule has 0 aromatic heterocycles. The summed E-state index contributed by atoms with van der Waals surface area (Å²) in [5, 5.41) is 0. The second kappa shape index (κ2) is 6.91. The van der Waals surface area contributed by atoms with E-state index in [-0.39, 0.29) is 12.5 Å². The van der Waals surface area contributed by atoms with Crippen LogP contribution in [-0.4, -0.2) is 25.7 Å². The van der Waals surface area contributed by atoms with Gasteiger partial charge in [0.1, 0.15) is 6.61 Å². The Balaban J connectivity index is 2.81. The van der Waals surface area contributed by atoms with Gasteiger partial charge in [0, 0.05) is 24.5 Å². The molecular formula is C13H20N2O2. The zero-order valence-electron chi connectivity index (χ0n) is 10.5. The van der Waals surface area contributed by atoms with Crippen LogP contribution in [0.15, 0.2) is 24.3 Å². The smallest absolute Gasteiger partial charge is 0.252 e. The lowest BCUT2D eigenvalue weighted by Crippen LogP contribution is -2.34. The highest BCUT2D eigenvalue weighted by molar-refractivity contribution is 5.94. The average Bonchev–Trinajstić information content (AvgIpc) is 2.33. The fourth-order valence-corrected chi connectivity index (χ4v) is 1.58. The molecule has 17 heavy (non-hydrogen) atoms. The third-order valence-electron chi connectivity index (χ3n) is 2.36. The number of carbonyl (C=O) groups excluding carboxylic acids is 1. The van der Waals surface area contributed by atoms with E-state index in [1.165, 1.54) is 0 Å². The molecule has 0 bridgehead atoms. The summed E-state index contributed by atoms with van der Waals surface area (Å²) < 4.78 is 5.15. The molecule has 0 atom stereocenters. The lowest BCUT2D eigenvalue weighted by Gasteiger charge is -2.22. The molecule has 0 aliphatic heterocycles. The Morgan fingerprint density at radius 3 is 2.76 bits per heavy atom. The molecule has 1 amide bonds. The van der Waals surface area contributed by atoms with Crippen LogP contribution in [0.1, 0.15) is 20.3 Å². The third kappa shape index (κ3) is 4.07. The quantitative estimate of drug-likeness (QED) is 0.769. The highest BCUT2D eigenvalue weighted by atomic mass is 16.5. The number of hydrogen-bond donors (Lipinski definition) is 1. The number of anilines is 2. The molecule has 4 heteroatoms. The first kappa shape index (κ1) is 13.5. The molecule has 0 heterocycles. The van der Waals surface area contributed by atoms with Crippen molar-refractivity contribution in [1.82, 2.24) is 0 Å². The number of nitrogens with zero attached hydrogens (tertiary/aromatic N) is 1.